The van der Waals surface area contributed by atoms with Gasteiger partial charge in [0, 0.05) is 0 Å². The number of carbonyl (C=O) groups excluding carboxylic acids is 1. The highest BCUT2D eigenvalue weighted by Gasteiger charge is 2.22. The first-order chi connectivity index (χ1) is 7.86. The number of nitrogens with zero attached hydrogens (tertiary/aromatic N) is 1. The standard InChI is InChI=1S/C13H24N2O/c16-13(11-15-9-5-2-6-10-15)12-7-3-1-4-8-14-12/h12,14H,1-11H2. The molecule has 0 saturated carbocycles. The van der Waals surface area contributed by atoms with Gasteiger partial charge in [0.25, 0.3) is 0 Å². The summed E-state index contributed by atoms with van der Waals surface area (Å²) >= 11 is 0. The fourth-order valence-corrected chi connectivity index (χ4v) is 2.75. The van der Waals surface area contributed by atoms with E-state index in [0.717, 1.165) is 26.1 Å². The number of piperidine rings is 1. The average Bonchev–Trinajstić information content (AvgIpc) is 2.59. The molecule has 0 radical (unpaired) electrons. The summed E-state index contributed by atoms with van der Waals surface area (Å²) in [5, 5.41) is 3.39. The van der Waals surface area contributed by atoms with E-state index in [1.165, 1.54) is 38.5 Å². The highest BCUT2D eigenvalue weighted by molar-refractivity contribution is 5.85. The van der Waals surface area contributed by atoms with Gasteiger partial charge in [0.2, 0.25) is 0 Å². The minimum absolute atomic E-state index is 0.143. The zero-order chi connectivity index (χ0) is 11.2. The van der Waals surface area contributed by atoms with Crippen molar-refractivity contribution in [1.29, 1.82) is 0 Å². The molecule has 3 nitrogen and oxygen atoms in total. The molecule has 0 aliphatic carbocycles. The first-order valence-corrected chi connectivity index (χ1v) is 6.85. The Morgan fingerprint density at radius 3 is 2.62 bits per heavy atom. The summed E-state index contributed by atoms with van der Waals surface area (Å²) in [6.07, 6.45) is 8.65. The SMILES string of the molecule is O=C(CN1CCCCC1)C1CCCCCN1. The number of nitrogens with one attached hydrogen (secondary N) is 1. The van der Waals surface area contributed by atoms with E-state index in [-0.39, 0.29) is 6.04 Å². The molecule has 1 N–H and O–H groups in total. The molecule has 92 valence electrons. The Morgan fingerprint density at radius 2 is 1.81 bits per heavy atom. The molecule has 0 aromatic heterocycles. The maximum absolute atomic E-state index is 12.1. The van der Waals surface area contributed by atoms with Gasteiger partial charge in [-0.2, -0.15) is 0 Å². The maximum atomic E-state index is 12.1. The van der Waals surface area contributed by atoms with Crippen LogP contribution in [0.2, 0.25) is 0 Å². The van der Waals surface area contributed by atoms with E-state index in [9.17, 15) is 4.79 Å². The summed E-state index contributed by atoms with van der Waals surface area (Å²) in [4.78, 5) is 14.4. The Bertz CT molecular complexity index is 216. The molecular formula is C13H24N2O. The average molecular weight is 224 g/mol. The van der Waals surface area contributed by atoms with E-state index in [1.54, 1.807) is 0 Å². The van der Waals surface area contributed by atoms with Crippen molar-refractivity contribution in [1.82, 2.24) is 10.2 Å². The van der Waals surface area contributed by atoms with Crippen LogP contribution in [0.3, 0.4) is 0 Å². The quantitative estimate of drug-likeness (QED) is 0.790. The topological polar surface area (TPSA) is 32.3 Å². The second-order valence-electron chi connectivity index (χ2n) is 5.16. The van der Waals surface area contributed by atoms with Crippen molar-refractivity contribution in [2.75, 3.05) is 26.2 Å². The fourth-order valence-electron chi connectivity index (χ4n) is 2.75. The van der Waals surface area contributed by atoms with E-state index >= 15 is 0 Å². The highest BCUT2D eigenvalue weighted by Crippen LogP contribution is 2.12. The summed E-state index contributed by atoms with van der Waals surface area (Å²) < 4.78 is 0. The van der Waals surface area contributed by atoms with Crippen LogP contribution in [0.15, 0.2) is 0 Å². The van der Waals surface area contributed by atoms with E-state index in [0.29, 0.717) is 12.3 Å². The summed E-state index contributed by atoms with van der Waals surface area (Å²) in [6, 6.07) is 0.143. The largest absolute Gasteiger partial charge is 0.307 e. The summed E-state index contributed by atoms with van der Waals surface area (Å²) in [6.45, 7) is 3.95. The van der Waals surface area contributed by atoms with Gasteiger partial charge >= 0.3 is 0 Å². The molecule has 2 heterocycles. The van der Waals surface area contributed by atoms with Crippen LogP contribution in [0.1, 0.15) is 44.9 Å². The van der Waals surface area contributed by atoms with Gasteiger partial charge in [0.05, 0.1) is 12.6 Å². The van der Waals surface area contributed by atoms with Gasteiger partial charge in [-0.1, -0.05) is 19.3 Å². The van der Waals surface area contributed by atoms with Gasteiger partial charge in [-0.05, 0) is 45.3 Å². The monoisotopic (exact) mass is 224 g/mol. The second-order valence-corrected chi connectivity index (χ2v) is 5.16. The second kappa shape index (κ2) is 6.36. The van der Waals surface area contributed by atoms with Gasteiger partial charge in [-0.15, -0.1) is 0 Å². The zero-order valence-electron chi connectivity index (χ0n) is 10.2. The normalized spacial score (nSPS) is 28.6. The molecular weight excluding hydrogens is 200 g/mol. The number of hydrogen-bond acceptors (Lipinski definition) is 3. The first-order valence-electron chi connectivity index (χ1n) is 6.85. The third-order valence-electron chi connectivity index (χ3n) is 3.78. The molecule has 2 aliphatic rings. The zero-order valence-corrected chi connectivity index (χ0v) is 10.2. The predicted molar refractivity (Wildman–Crippen MR) is 65.6 cm³/mol. The molecule has 2 aliphatic heterocycles. The van der Waals surface area contributed by atoms with E-state index < -0.39 is 0 Å². The Kier molecular flexibility index (Phi) is 4.79. The van der Waals surface area contributed by atoms with E-state index in [4.69, 9.17) is 0 Å². The van der Waals surface area contributed by atoms with Gasteiger partial charge in [-0.25, -0.2) is 0 Å². The third-order valence-corrected chi connectivity index (χ3v) is 3.78. The van der Waals surface area contributed by atoms with Crippen LogP contribution in [0.4, 0.5) is 0 Å². The van der Waals surface area contributed by atoms with Crippen LogP contribution in [0, 0.1) is 0 Å². The molecule has 2 rings (SSSR count). The third kappa shape index (κ3) is 3.56. The number of rotatable bonds is 3. The molecule has 0 aromatic rings. The lowest BCUT2D eigenvalue weighted by molar-refractivity contribution is -0.122. The first kappa shape index (κ1) is 12.1. The molecule has 1 atom stereocenters. The number of hydrogen-bond donors (Lipinski definition) is 1. The van der Waals surface area contributed by atoms with Crippen molar-refractivity contribution in [3.8, 4) is 0 Å². The number of carbonyl (C=O) groups is 1. The van der Waals surface area contributed by atoms with Crippen molar-refractivity contribution in [2.45, 2.75) is 51.0 Å². The Balaban J connectivity index is 1.76. The molecule has 3 heteroatoms. The predicted octanol–water partition coefficient (Wildman–Crippen LogP) is 1.57. The molecule has 1 unspecified atom stereocenters. The molecule has 2 fully saturated rings. The smallest absolute Gasteiger partial charge is 0.163 e. The van der Waals surface area contributed by atoms with Crippen molar-refractivity contribution in [3.05, 3.63) is 0 Å². The Labute approximate surface area is 98.6 Å². The van der Waals surface area contributed by atoms with Crippen molar-refractivity contribution in [3.63, 3.8) is 0 Å². The van der Waals surface area contributed by atoms with Crippen LogP contribution < -0.4 is 5.32 Å². The number of Topliss-reactive ketones (excluding diaryl/α,β-unsaturated/α-hetero) is 1. The number of ketones is 1. The van der Waals surface area contributed by atoms with Crippen molar-refractivity contribution in [2.24, 2.45) is 0 Å². The summed E-state index contributed by atoms with van der Waals surface area (Å²) in [7, 11) is 0. The van der Waals surface area contributed by atoms with Crippen LogP contribution in [-0.4, -0.2) is 42.9 Å². The van der Waals surface area contributed by atoms with Gasteiger partial charge in [0.15, 0.2) is 5.78 Å². The van der Waals surface area contributed by atoms with Gasteiger partial charge in [0.1, 0.15) is 0 Å². The Hall–Kier alpha value is -0.410. The summed E-state index contributed by atoms with van der Waals surface area (Å²) in [5.74, 6) is 0.420. The summed E-state index contributed by atoms with van der Waals surface area (Å²) in [5.41, 5.74) is 0. The van der Waals surface area contributed by atoms with E-state index in [1.807, 2.05) is 0 Å². The molecule has 0 aromatic carbocycles. The lowest BCUT2D eigenvalue weighted by Gasteiger charge is -2.27. The van der Waals surface area contributed by atoms with Crippen LogP contribution in [-0.2, 0) is 4.79 Å². The highest BCUT2D eigenvalue weighted by atomic mass is 16.1. The lowest BCUT2D eigenvalue weighted by Crippen LogP contribution is -2.44. The lowest BCUT2D eigenvalue weighted by atomic mass is 10.0. The molecule has 0 spiro atoms. The molecule has 0 bridgehead atoms. The molecule has 16 heavy (non-hydrogen) atoms. The van der Waals surface area contributed by atoms with Gasteiger partial charge < -0.3 is 5.32 Å². The van der Waals surface area contributed by atoms with Crippen LogP contribution >= 0.6 is 0 Å². The van der Waals surface area contributed by atoms with Crippen LogP contribution in [0.25, 0.3) is 0 Å². The minimum Gasteiger partial charge on any atom is -0.307 e. The minimum atomic E-state index is 0.143. The van der Waals surface area contributed by atoms with E-state index in [2.05, 4.69) is 10.2 Å². The maximum Gasteiger partial charge on any atom is 0.163 e. The van der Waals surface area contributed by atoms with Gasteiger partial charge in [-0.3, -0.25) is 9.69 Å². The van der Waals surface area contributed by atoms with Crippen LogP contribution in [0.5, 0.6) is 0 Å². The molecule has 2 saturated heterocycles. The Morgan fingerprint density at radius 1 is 1.06 bits per heavy atom. The fraction of sp³-hybridized carbons (Fsp3) is 0.923. The van der Waals surface area contributed by atoms with Crippen molar-refractivity contribution < 1.29 is 4.79 Å². The molecule has 0 amide bonds. The van der Waals surface area contributed by atoms with Crippen molar-refractivity contribution >= 4 is 5.78 Å². The number of likely N-dealkylation sites (tertiary alicyclic amines) is 1.